The number of hydrogen-bond donors (Lipinski definition) is 0. The van der Waals surface area contributed by atoms with E-state index in [0.29, 0.717) is 13.1 Å². The Kier molecular flexibility index (Phi) is 6.84. The summed E-state index contributed by atoms with van der Waals surface area (Å²) in [7, 11) is 1.68. The summed E-state index contributed by atoms with van der Waals surface area (Å²) in [5.41, 5.74) is 1.69. The van der Waals surface area contributed by atoms with E-state index in [1.54, 1.807) is 11.9 Å². The number of esters is 1. The second-order valence-electron chi connectivity index (χ2n) is 6.89. The monoisotopic (exact) mass is 396 g/mol. The highest BCUT2D eigenvalue weighted by Gasteiger charge is 2.31. The maximum absolute atomic E-state index is 12.7. The zero-order chi connectivity index (χ0) is 20.6. The van der Waals surface area contributed by atoms with Crippen LogP contribution in [0, 0.1) is 0 Å². The topological polar surface area (TPSA) is 76.2 Å². The summed E-state index contributed by atoms with van der Waals surface area (Å²) in [6.45, 7) is 0.815. The van der Waals surface area contributed by atoms with Crippen molar-refractivity contribution < 1.29 is 23.9 Å². The third-order valence-corrected chi connectivity index (χ3v) is 4.71. The van der Waals surface area contributed by atoms with Crippen LogP contribution in [0.5, 0.6) is 0 Å². The molecule has 0 radical (unpaired) electrons. The van der Waals surface area contributed by atoms with E-state index in [-0.39, 0.29) is 25.5 Å². The van der Waals surface area contributed by atoms with Gasteiger partial charge in [0.15, 0.2) is 0 Å². The molecule has 0 bridgehead atoms. The highest BCUT2D eigenvalue weighted by molar-refractivity contribution is 5.84. The van der Waals surface area contributed by atoms with E-state index in [9.17, 15) is 14.4 Å². The van der Waals surface area contributed by atoms with Crippen molar-refractivity contribution in [2.75, 3.05) is 26.7 Å². The van der Waals surface area contributed by atoms with Gasteiger partial charge >= 0.3 is 12.1 Å². The van der Waals surface area contributed by atoms with Crippen LogP contribution in [0.4, 0.5) is 4.79 Å². The molecule has 0 aromatic heterocycles. The lowest BCUT2D eigenvalue weighted by atomic mass is 10.1. The summed E-state index contributed by atoms with van der Waals surface area (Å²) in [5.74, 6) is -0.786. The van der Waals surface area contributed by atoms with Gasteiger partial charge in [0.05, 0.1) is 0 Å². The Balaban J connectivity index is 1.66. The number of carbonyl (C=O) groups is 3. The summed E-state index contributed by atoms with van der Waals surface area (Å²) in [4.78, 5) is 39.9. The number of carbonyl (C=O) groups excluding carboxylic acids is 3. The van der Waals surface area contributed by atoms with E-state index in [2.05, 4.69) is 0 Å². The maximum Gasteiger partial charge on any atom is 0.411 e. The minimum Gasteiger partial charge on any atom is -0.458 e. The fourth-order valence-electron chi connectivity index (χ4n) is 2.93. The molecule has 2 aromatic carbocycles. The molecule has 29 heavy (non-hydrogen) atoms. The van der Waals surface area contributed by atoms with Gasteiger partial charge in [0.2, 0.25) is 12.0 Å². The largest absolute Gasteiger partial charge is 0.458 e. The first-order chi connectivity index (χ1) is 14.0. The molecule has 1 aliphatic rings. The predicted octanol–water partition coefficient (Wildman–Crippen LogP) is 2.25. The maximum atomic E-state index is 12.7. The molecule has 1 aliphatic heterocycles. The first-order valence-electron chi connectivity index (χ1n) is 9.47. The van der Waals surface area contributed by atoms with Crippen molar-refractivity contribution in [3.8, 4) is 0 Å². The number of hydrogen-bond acceptors (Lipinski definition) is 5. The molecule has 0 unspecified atom stereocenters. The Hall–Kier alpha value is -3.35. The van der Waals surface area contributed by atoms with Crippen molar-refractivity contribution in [3.63, 3.8) is 0 Å². The fraction of sp³-hybridized carbons (Fsp3) is 0.318. The van der Waals surface area contributed by atoms with Gasteiger partial charge in [0.1, 0.15) is 13.2 Å². The SMILES string of the molecule is CN1CCN(C(=O)O[C@@H](Cc2ccccc2)C(=O)OCc2ccccc2)CC1=O. The first kappa shape index (κ1) is 20.4. The molecule has 1 heterocycles. The molecule has 1 fully saturated rings. The van der Waals surface area contributed by atoms with Crippen molar-refractivity contribution in [2.45, 2.75) is 19.1 Å². The molecule has 7 heteroatoms. The van der Waals surface area contributed by atoms with Crippen LogP contribution in [0.25, 0.3) is 0 Å². The average molecular weight is 396 g/mol. The fourth-order valence-corrected chi connectivity index (χ4v) is 2.93. The van der Waals surface area contributed by atoms with Crippen LogP contribution in [0.1, 0.15) is 11.1 Å². The third-order valence-electron chi connectivity index (χ3n) is 4.71. The van der Waals surface area contributed by atoms with Crippen LogP contribution >= 0.6 is 0 Å². The first-order valence-corrected chi connectivity index (χ1v) is 9.47. The van der Waals surface area contributed by atoms with E-state index in [4.69, 9.17) is 9.47 Å². The molecule has 2 aromatic rings. The molecule has 7 nitrogen and oxygen atoms in total. The normalized spacial score (nSPS) is 15.0. The third kappa shape index (κ3) is 5.81. The zero-order valence-electron chi connectivity index (χ0n) is 16.3. The highest BCUT2D eigenvalue weighted by Crippen LogP contribution is 2.13. The Morgan fingerprint density at radius 1 is 0.966 bits per heavy atom. The number of piperazine rings is 1. The quantitative estimate of drug-likeness (QED) is 0.700. The molecular formula is C22H24N2O5. The van der Waals surface area contributed by atoms with Crippen LogP contribution in [0.2, 0.25) is 0 Å². The Morgan fingerprint density at radius 2 is 1.59 bits per heavy atom. The number of ether oxygens (including phenoxy) is 2. The zero-order valence-corrected chi connectivity index (χ0v) is 16.3. The van der Waals surface area contributed by atoms with Crippen LogP contribution in [0.3, 0.4) is 0 Å². The molecule has 2 amide bonds. The molecule has 0 aliphatic carbocycles. The van der Waals surface area contributed by atoms with Crippen LogP contribution < -0.4 is 0 Å². The summed E-state index contributed by atoms with van der Waals surface area (Å²) in [5, 5.41) is 0. The van der Waals surface area contributed by atoms with Gasteiger partial charge in [0.25, 0.3) is 0 Å². The van der Waals surface area contributed by atoms with Crippen molar-refractivity contribution >= 4 is 18.0 Å². The molecule has 3 rings (SSSR count). The lowest BCUT2D eigenvalue weighted by molar-refractivity contribution is -0.155. The molecule has 0 N–H and O–H groups in total. The second-order valence-corrected chi connectivity index (χ2v) is 6.89. The molecule has 1 atom stereocenters. The average Bonchev–Trinajstić information content (AvgIpc) is 2.75. The number of nitrogens with zero attached hydrogens (tertiary/aromatic N) is 2. The minimum absolute atomic E-state index is 0.0630. The van der Waals surface area contributed by atoms with E-state index in [1.165, 1.54) is 4.90 Å². The van der Waals surface area contributed by atoms with Crippen LogP contribution in [0.15, 0.2) is 60.7 Å². The second kappa shape index (κ2) is 9.73. The lowest BCUT2D eigenvalue weighted by Gasteiger charge is -2.32. The summed E-state index contributed by atoms with van der Waals surface area (Å²) in [6.07, 6.45) is -1.59. The van der Waals surface area contributed by atoms with Crippen LogP contribution in [-0.4, -0.2) is 60.6 Å². The summed E-state index contributed by atoms with van der Waals surface area (Å²) in [6, 6.07) is 18.6. The van der Waals surface area contributed by atoms with Gasteiger partial charge in [-0.2, -0.15) is 0 Å². The molecule has 0 saturated carbocycles. The van der Waals surface area contributed by atoms with Gasteiger partial charge in [-0.3, -0.25) is 9.69 Å². The molecule has 152 valence electrons. The molecular weight excluding hydrogens is 372 g/mol. The molecule has 1 saturated heterocycles. The van der Waals surface area contributed by atoms with E-state index in [1.807, 2.05) is 60.7 Å². The van der Waals surface area contributed by atoms with Gasteiger partial charge < -0.3 is 14.4 Å². The molecule has 0 spiro atoms. The standard InChI is InChI=1S/C22H24N2O5/c1-23-12-13-24(15-20(23)25)22(27)29-19(14-17-8-4-2-5-9-17)21(26)28-16-18-10-6-3-7-11-18/h2-11,19H,12-16H2,1H3/t19-/m0/s1. The smallest absolute Gasteiger partial charge is 0.411 e. The minimum atomic E-state index is -1.09. The number of rotatable bonds is 6. The summed E-state index contributed by atoms with van der Waals surface area (Å²) >= 11 is 0. The Morgan fingerprint density at radius 3 is 2.21 bits per heavy atom. The summed E-state index contributed by atoms with van der Waals surface area (Å²) < 4.78 is 10.8. The van der Waals surface area contributed by atoms with Gasteiger partial charge in [-0.05, 0) is 11.1 Å². The van der Waals surface area contributed by atoms with Crippen molar-refractivity contribution in [1.82, 2.24) is 9.80 Å². The van der Waals surface area contributed by atoms with Gasteiger partial charge in [-0.15, -0.1) is 0 Å². The van der Waals surface area contributed by atoms with Crippen molar-refractivity contribution in [3.05, 3.63) is 71.8 Å². The van der Waals surface area contributed by atoms with Crippen molar-refractivity contribution in [2.24, 2.45) is 0 Å². The van der Waals surface area contributed by atoms with Gasteiger partial charge in [0, 0.05) is 26.6 Å². The van der Waals surface area contributed by atoms with E-state index < -0.39 is 18.2 Å². The highest BCUT2D eigenvalue weighted by atomic mass is 16.6. The lowest BCUT2D eigenvalue weighted by Crippen LogP contribution is -2.51. The number of benzene rings is 2. The van der Waals surface area contributed by atoms with E-state index in [0.717, 1.165) is 11.1 Å². The Labute approximate surface area is 169 Å². The number of likely N-dealkylation sites (N-methyl/N-ethyl adjacent to an activating group) is 1. The predicted molar refractivity (Wildman–Crippen MR) is 106 cm³/mol. The Bertz CT molecular complexity index is 841. The van der Waals surface area contributed by atoms with Gasteiger partial charge in [-0.25, -0.2) is 9.59 Å². The van der Waals surface area contributed by atoms with Gasteiger partial charge in [-0.1, -0.05) is 60.7 Å². The van der Waals surface area contributed by atoms with Crippen LogP contribution in [-0.2, 0) is 32.1 Å². The van der Waals surface area contributed by atoms with E-state index >= 15 is 0 Å². The number of amides is 2. The van der Waals surface area contributed by atoms with Crippen molar-refractivity contribution in [1.29, 1.82) is 0 Å².